The Labute approximate surface area is 194 Å². The van der Waals surface area contributed by atoms with Crippen LogP contribution in [0, 0.1) is 0 Å². The SMILES string of the molecule is c1csc(-c2cc3c(-c4nc(N5CCNCC5)c5c(C6CC6)cncc5n4)ccnc3[nH]2)c1. The first kappa shape index (κ1) is 19.1. The van der Waals surface area contributed by atoms with Crippen LogP contribution in [0.4, 0.5) is 5.82 Å². The molecule has 6 heterocycles. The van der Waals surface area contributed by atoms with Crippen LogP contribution in [-0.2, 0) is 0 Å². The summed E-state index contributed by atoms with van der Waals surface area (Å²) < 4.78 is 0. The number of H-pyrrole nitrogens is 1. The molecule has 5 aromatic heterocycles. The summed E-state index contributed by atoms with van der Waals surface area (Å²) in [6.45, 7) is 3.81. The standard InChI is InChI=1S/C25H23N7S/c1-2-21(33-11-1)19-12-17-16(5-6-28-23(17)29-19)24-30-20-14-27-13-18(15-3-4-15)22(20)25(31-24)32-9-7-26-8-10-32/h1-2,5-6,11-15,26H,3-4,7-10H2,(H,28,29). The van der Waals surface area contributed by atoms with Crippen LogP contribution < -0.4 is 10.2 Å². The van der Waals surface area contributed by atoms with Crippen LogP contribution in [0.1, 0.15) is 24.3 Å². The third kappa shape index (κ3) is 3.29. The van der Waals surface area contributed by atoms with E-state index < -0.39 is 0 Å². The van der Waals surface area contributed by atoms with Gasteiger partial charge in [-0.25, -0.2) is 15.0 Å². The average Bonchev–Trinajstić information content (AvgIpc) is 3.37. The molecule has 7 rings (SSSR count). The van der Waals surface area contributed by atoms with Gasteiger partial charge in [0, 0.05) is 54.9 Å². The van der Waals surface area contributed by atoms with Gasteiger partial charge in [0.1, 0.15) is 11.5 Å². The van der Waals surface area contributed by atoms with Crippen LogP contribution in [0.25, 0.3) is 43.9 Å². The summed E-state index contributed by atoms with van der Waals surface area (Å²) in [5.74, 6) is 2.36. The zero-order chi connectivity index (χ0) is 21.8. The molecule has 5 aromatic rings. The fraction of sp³-hybridized carbons (Fsp3) is 0.280. The van der Waals surface area contributed by atoms with Crippen molar-refractivity contribution in [1.82, 2.24) is 30.2 Å². The minimum Gasteiger partial charge on any atom is -0.353 e. The minimum atomic E-state index is 0.586. The largest absolute Gasteiger partial charge is 0.353 e. The van der Waals surface area contributed by atoms with E-state index in [1.807, 2.05) is 24.7 Å². The Bertz CT molecular complexity index is 1460. The van der Waals surface area contributed by atoms with Crippen molar-refractivity contribution in [3.05, 3.63) is 53.8 Å². The van der Waals surface area contributed by atoms with E-state index in [9.17, 15) is 0 Å². The van der Waals surface area contributed by atoms with Gasteiger partial charge < -0.3 is 15.2 Å². The number of thiophene rings is 1. The van der Waals surface area contributed by atoms with Gasteiger partial charge in [-0.1, -0.05) is 6.07 Å². The van der Waals surface area contributed by atoms with Gasteiger partial charge in [-0.2, -0.15) is 0 Å². The highest BCUT2D eigenvalue weighted by molar-refractivity contribution is 7.13. The van der Waals surface area contributed by atoms with Crippen molar-refractivity contribution in [2.24, 2.45) is 0 Å². The number of nitrogens with one attached hydrogen (secondary N) is 2. The summed E-state index contributed by atoms with van der Waals surface area (Å²) in [5.41, 5.74) is 5.15. The van der Waals surface area contributed by atoms with Crippen molar-refractivity contribution in [1.29, 1.82) is 0 Å². The number of nitrogens with zero attached hydrogens (tertiary/aromatic N) is 5. The Hall–Kier alpha value is -3.36. The summed E-state index contributed by atoms with van der Waals surface area (Å²) in [5, 5.41) is 7.77. The van der Waals surface area contributed by atoms with Crippen molar-refractivity contribution in [3.8, 4) is 22.0 Å². The molecule has 1 aliphatic heterocycles. The van der Waals surface area contributed by atoms with Gasteiger partial charge in [0.15, 0.2) is 5.82 Å². The molecular weight excluding hydrogens is 430 g/mol. The molecule has 0 amide bonds. The van der Waals surface area contributed by atoms with E-state index in [0.717, 1.165) is 65.6 Å². The normalized spacial score (nSPS) is 16.7. The Morgan fingerprint density at radius 3 is 2.79 bits per heavy atom. The molecule has 8 heteroatoms. The summed E-state index contributed by atoms with van der Waals surface area (Å²) in [7, 11) is 0. The van der Waals surface area contributed by atoms with Crippen LogP contribution in [0.3, 0.4) is 0 Å². The lowest BCUT2D eigenvalue weighted by molar-refractivity contribution is 0.586. The molecule has 33 heavy (non-hydrogen) atoms. The lowest BCUT2D eigenvalue weighted by Crippen LogP contribution is -2.44. The summed E-state index contributed by atoms with van der Waals surface area (Å²) in [6.07, 6.45) is 8.21. The highest BCUT2D eigenvalue weighted by Crippen LogP contribution is 2.45. The Balaban J connectivity index is 1.45. The number of hydrogen-bond acceptors (Lipinski definition) is 7. The minimum absolute atomic E-state index is 0.586. The van der Waals surface area contributed by atoms with Crippen LogP contribution in [0.2, 0.25) is 0 Å². The fourth-order valence-electron chi connectivity index (χ4n) is 4.81. The monoisotopic (exact) mass is 453 g/mol. The molecular formula is C25H23N7S. The number of hydrogen-bond donors (Lipinski definition) is 2. The number of aromatic amines is 1. The molecule has 0 spiro atoms. The second-order valence-electron chi connectivity index (χ2n) is 8.79. The second-order valence-corrected chi connectivity index (χ2v) is 9.73. The number of fused-ring (bicyclic) bond motifs is 2. The zero-order valence-corrected chi connectivity index (χ0v) is 18.9. The van der Waals surface area contributed by atoms with Crippen molar-refractivity contribution >= 4 is 39.1 Å². The number of aromatic nitrogens is 5. The average molecular weight is 454 g/mol. The lowest BCUT2D eigenvalue weighted by atomic mass is 10.1. The van der Waals surface area contributed by atoms with Gasteiger partial charge in [-0.3, -0.25) is 4.98 Å². The van der Waals surface area contributed by atoms with Crippen LogP contribution in [0.5, 0.6) is 0 Å². The second kappa shape index (κ2) is 7.60. The number of pyridine rings is 2. The smallest absolute Gasteiger partial charge is 0.163 e. The predicted molar refractivity (Wildman–Crippen MR) is 133 cm³/mol. The Kier molecular flexibility index (Phi) is 4.41. The van der Waals surface area contributed by atoms with Gasteiger partial charge in [0.2, 0.25) is 0 Å². The first-order valence-corrected chi connectivity index (χ1v) is 12.4. The zero-order valence-electron chi connectivity index (χ0n) is 18.1. The number of piperazine rings is 1. The van der Waals surface area contributed by atoms with Gasteiger partial charge in [0.05, 0.1) is 22.3 Å². The molecule has 2 aliphatic rings. The first-order valence-electron chi connectivity index (χ1n) is 11.5. The van der Waals surface area contributed by atoms with Gasteiger partial charge in [-0.05, 0) is 47.9 Å². The molecule has 1 saturated carbocycles. The van der Waals surface area contributed by atoms with E-state index in [1.165, 1.54) is 28.7 Å². The molecule has 7 nitrogen and oxygen atoms in total. The molecule has 0 radical (unpaired) electrons. The van der Waals surface area contributed by atoms with Crippen molar-refractivity contribution in [3.63, 3.8) is 0 Å². The van der Waals surface area contributed by atoms with Crippen LogP contribution >= 0.6 is 11.3 Å². The Morgan fingerprint density at radius 1 is 1.06 bits per heavy atom. The highest BCUT2D eigenvalue weighted by Gasteiger charge is 2.29. The van der Waals surface area contributed by atoms with E-state index in [2.05, 4.69) is 48.7 Å². The molecule has 0 aromatic carbocycles. The van der Waals surface area contributed by atoms with E-state index >= 15 is 0 Å². The predicted octanol–water partition coefficient (Wildman–Crippen LogP) is 4.58. The topological polar surface area (TPSA) is 82.6 Å². The van der Waals surface area contributed by atoms with Gasteiger partial charge in [0.25, 0.3) is 0 Å². The maximum absolute atomic E-state index is 5.21. The first-order chi connectivity index (χ1) is 16.3. The quantitative estimate of drug-likeness (QED) is 0.414. The third-order valence-electron chi connectivity index (χ3n) is 6.61. The molecule has 0 atom stereocenters. The van der Waals surface area contributed by atoms with Crippen molar-refractivity contribution in [2.45, 2.75) is 18.8 Å². The Morgan fingerprint density at radius 2 is 1.97 bits per heavy atom. The van der Waals surface area contributed by atoms with Gasteiger partial charge in [-0.15, -0.1) is 11.3 Å². The van der Waals surface area contributed by atoms with Crippen LogP contribution in [-0.4, -0.2) is 51.1 Å². The fourth-order valence-corrected chi connectivity index (χ4v) is 5.50. The molecule has 0 bridgehead atoms. The van der Waals surface area contributed by atoms with E-state index in [4.69, 9.17) is 9.97 Å². The molecule has 0 unspecified atom stereocenters. The molecule has 164 valence electrons. The third-order valence-corrected chi connectivity index (χ3v) is 7.51. The maximum Gasteiger partial charge on any atom is 0.163 e. The van der Waals surface area contributed by atoms with Crippen molar-refractivity contribution < 1.29 is 0 Å². The van der Waals surface area contributed by atoms with E-state index in [-0.39, 0.29) is 0 Å². The highest BCUT2D eigenvalue weighted by atomic mass is 32.1. The molecule has 1 saturated heterocycles. The number of anilines is 1. The molecule has 2 N–H and O–H groups in total. The van der Waals surface area contributed by atoms with Gasteiger partial charge >= 0.3 is 0 Å². The molecule has 2 fully saturated rings. The van der Waals surface area contributed by atoms with E-state index in [0.29, 0.717) is 5.92 Å². The molecule has 1 aliphatic carbocycles. The van der Waals surface area contributed by atoms with Crippen LogP contribution in [0.15, 0.2) is 48.2 Å². The number of rotatable bonds is 4. The summed E-state index contributed by atoms with van der Waals surface area (Å²) in [6, 6.07) is 8.38. The van der Waals surface area contributed by atoms with E-state index in [1.54, 1.807) is 11.3 Å². The lowest BCUT2D eigenvalue weighted by Gasteiger charge is -2.30. The summed E-state index contributed by atoms with van der Waals surface area (Å²) in [4.78, 5) is 26.5. The maximum atomic E-state index is 5.21. The summed E-state index contributed by atoms with van der Waals surface area (Å²) >= 11 is 1.72. The van der Waals surface area contributed by atoms with Crippen molar-refractivity contribution in [2.75, 3.05) is 31.1 Å².